The molecule has 3 atom stereocenters. The van der Waals surface area contributed by atoms with Crippen molar-refractivity contribution in [3.05, 3.63) is 35.4 Å². The Morgan fingerprint density at radius 1 is 1.41 bits per heavy atom. The van der Waals surface area contributed by atoms with Gasteiger partial charge in [0.25, 0.3) is 0 Å². The Balaban J connectivity index is 2.80. The molecule has 6 nitrogen and oxygen atoms in total. The van der Waals surface area contributed by atoms with Crippen LogP contribution in [0.25, 0.3) is 0 Å². The molecule has 0 saturated heterocycles. The Bertz CT molecular complexity index is 419. The van der Waals surface area contributed by atoms with Gasteiger partial charge in [-0.15, -0.1) is 0 Å². The van der Waals surface area contributed by atoms with Crippen molar-refractivity contribution in [2.24, 2.45) is 5.73 Å². The summed E-state index contributed by atoms with van der Waals surface area (Å²) in [5.74, 6) is -1.43. The largest absolute Gasteiger partial charge is 0.772 e. The van der Waals surface area contributed by atoms with Crippen LogP contribution in [-0.4, -0.2) is 31.0 Å². The quantitative estimate of drug-likeness (QED) is 0.612. The van der Waals surface area contributed by atoms with Crippen molar-refractivity contribution in [1.82, 2.24) is 0 Å². The Morgan fingerprint density at radius 2 is 1.94 bits per heavy atom. The minimum atomic E-state index is -2.18. The number of hydrogen-bond acceptors (Lipinski definition) is 5. The van der Waals surface area contributed by atoms with Crippen LogP contribution < -0.4 is 5.73 Å². The third kappa shape index (κ3) is 3.90. The molecular formula is C10H12NO5S-. The van der Waals surface area contributed by atoms with E-state index in [1.165, 1.54) is 24.3 Å². The number of carboxylic acids is 1. The van der Waals surface area contributed by atoms with Crippen LogP contribution in [0.5, 0.6) is 0 Å². The summed E-state index contributed by atoms with van der Waals surface area (Å²) < 4.78 is 20.9. The van der Waals surface area contributed by atoms with Gasteiger partial charge in [-0.3, -0.25) is 9.00 Å². The maximum Gasteiger partial charge on any atom is 0.323 e. The minimum Gasteiger partial charge on any atom is -0.772 e. The van der Waals surface area contributed by atoms with Crippen LogP contribution in [0.3, 0.4) is 0 Å². The molecule has 0 aliphatic heterocycles. The first kappa shape index (κ1) is 13.8. The van der Waals surface area contributed by atoms with Gasteiger partial charge in [-0.2, -0.15) is 0 Å². The van der Waals surface area contributed by atoms with Gasteiger partial charge in [0.2, 0.25) is 0 Å². The number of rotatable bonds is 5. The molecule has 1 aromatic carbocycles. The topological polar surface area (TPSA) is 124 Å². The number of nitrogens with two attached hydrogens (primary N) is 1. The van der Waals surface area contributed by atoms with Crippen LogP contribution in [-0.2, 0) is 21.6 Å². The highest BCUT2D eigenvalue weighted by atomic mass is 32.2. The molecule has 3 unspecified atom stereocenters. The molecule has 0 amide bonds. The van der Waals surface area contributed by atoms with Crippen LogP contribution in [0.4, 0.5) is 0 Å². The molecule has 4 N–H and O–H groups in total. The average molecular weight is 258 g/mol. The van der Waals surface area contributed by atoms with Gasteiger partial charge in [0.1, 0.15) is 12.1 Å². The van der Waals surface area contributed by atoms with Gasteiger partial charge in [-0.05, 0) is 11.1 Å². The molecule has 1 aromatic rings. The van der Waals surface area contributed by atoms with E-state index in [1.807, 2.05) is 0 Å². The highest BCUT2D eigenvalue weighted by Gasteiger charge is 2.23. The Kier molecular flexibility index (Phi) is 4.76. The zero-order valence-electron chi connectivity index (χ0n) is 8.78. The summed E-state index contributed by atoms with van der Waals surface area (Å²) in [5, 5.41) is 18.2. The van der Waals surface area contributed by atoms with Crippen molar-refractivity contribution in [3.8, 4) is 0 Å². The first-order chi connectivity index (χ1) is 7.91. The molecule has 0 aliphatic carbocycles. The van der Waals surface area contributed by atoms with Crippen molar-refractivity contribution in [2.75, 3.05) is 0 Å². The van der Waals surface area contributed by atoms with E-state index in [1.54, 1.807) is 0 Å². The van der Waals surface area contributed by atoms with Gasteiger partial charge >= 0.3 is 5.97 Å². The van der Waals surface area contributed by atoms with E-state index < -0.39 is 29.2 Å². The number of hydrogen-bond donors (Lipinski definition) is 3. The Morgan fingerprint density at radius 3 is 2.35 bits per heavy atom. The maximum atomic E-state index is 10.6. The lowest BCUT2D eigenvalue weighted by atomic mass is 10.0. The van der Waals surface area contributed by atoms with Crippen molar-refractivity contribution >= 4 is 17.0 Å². The first-order valence-corrected chi connectivity index (χ1v) is 5.97. The highest BCUT2D eigenvalue weighted by molar-refractivity contribution is 7.78. The number of carboxylic acid groups (broad SMARTS) is 1. The summed E-state index contributed by atoms with van der Waals surface area (Å²) in [6.45, 7) is 0. The third-order valence-electron chi connectivity index (χ3n) is 2.23. The van der Waals surface area contributed by atoms with Gasteiger partial charge in [0, 0.05) is 5.75 Å². The van der Waals surface area contributed by atoms with E-state index in [9.17, 15) is 18.7 Å². The summed E-state index contributed by atoms with van der Waals surface area (Å²) in [4.78, 5) is 10.6. The van der Waals surface area contributed by atoms with Crippen LogP contribution in [0.1, 0.15) is 17.2 Å². The summed E-state index contributed by atoms with van der Waals surface area (Å²) in [6, 6.07) is 4.51. The van der Waals surface area contributed by atoms with Crippen LogP contribution in [0, 0.1) is 0 Å². The number of aliphatic hydroxyl groups excluding tert-OH is 1. The molecule has 7 heteroatoms. The van der Waals surface area contributed by atoms with Crippen LogP contribution in [0.2, 0.25) is 0 Å². The fourth-order valence-electron chi connectivity index (χ4n) is 1.29. The molecule has 0 aliphatic rings. The molecule has 0 bridgehead atoms. The molecule has 1 rings (SSSR count). The van der Waals surface area contributed by atoms with E-state index in [4.69, 9.17) is 10.8 Å². The van der Waals surface area contributed by atoms with Crippen LogP contribution in [0.15, 0.2) is 24.3 Å². The van der Waals surface area contributed by atoms with Crippen molar-refractivity contribution in [2.45, 2.75) is 17.9 Å². The summed E-state index contributed by atoms with van der Waals surface area (Å²) >= 11 is -2.18. The number of aliphatic carboxylic acids is 1. The van der Waals surface area contributed by atoms with Crippen LogP contribution >= 0.6 is 0 Å². The molecule has 0 aromatic heterocycles. The molecule has 0 radical (unpaired) electrons. The van der Waals surface area contributed by atoms with Gasteiger partial charge in [0.15, 0.2) is 0 Å². The smallest absolute Gasteiger partial charge is 0.323 e. The van der Waals surface area contributed by atoms with E-state index >= 15 is 0 Å². The fourth-order valence-corrected chi connectivity index (χ4v) is 1.75. The minimum absolute atomic E-state index is 0.124. The fraction of sp³-hybridized carbons (Fsp3) is 0.300. The predicted octanol–water partition coefficient (Wildman–Crippen LogP) is -0.489. The van der Waals surface area contributed by atoms with Crippen molar-refractivity contribution < 1.29 is 23.8 Å². The second-order valence-corrected chi connectivity index (χ2v) is 4.39. The molecule has 17 heavy (non-hydrogen) atoms. The number of carbonyl (C=O) groups is 1. The van der Waals surface area contributed by atoms with Gasteiger partial charge in [0.05, 0.1) is 0 Å². The summed E-state index contributed by atoms with van der Waals surface area (Å²) in [6.07, 6.45) is -1.32. The lowest BCUT2D eigenvalue weighted by molar-refractivity contribution is -0.141. The van der Waals surface area contributed by atoms with E-state index in [2.05, 4.69) is 0 Å². The van der Waals surface area contributed by atoms with Crippen molar-refractivity contribution in [3.63, 3.8) is 0 Å². The SMILES string of the molecule is NC(C(=O)O)C(O)c1ccc(CS(=O)[O-])cc1. The molecule has 94 valence electrons. The van der Waals surface area contributed by atoms with Crippen molar-refractivity contribution in [1.29, 1.82) is 0 Å². The second kappa shape index (κ2) is 5.87. The van der Waals surface area contributed by atoms with E-state index in [0.717, 1.165) is 0 Å². The first-order valence-electron chi connectivity index (χ1n) is 4.73. The average Bonchev–Trinajstić information content (AvgIpc) is 2.27. The van der Waals surface area contributed by atoms with Gasteiger partial charge < -0.3 is 20.5 Å². The number of aliphatic hydroxyl groups is 1. The standard InChI is InChI=1S/C10H13NO5S/c11-8(10(13)14)9(12)7-3-1-6(2-4-7)5-17(15)16/h1-4,8-9,12H,5,11H2,(H,13,14)(H,15,16)/p-1. The zero-order valence-corrected chi connectivity index (χ0v) is 9.59. The van der Waals surface area contributed by atoms with Gasteiger partial charge in [-0.1, -0.05) is 35.3 Å². The normalized spacial score (nSPS) is 16.2. The third-order valence-corrected chi connectivity index (χ3v) is 2.80. The second-order valence-electron chi connectivity index (χ2n) is 3.50. The van der Waals surface area contributed by atoms with Gasteiger partial charge in [-0.25, -0.2) is 0 Å². The molecule has 0 spiro atoms. The summed E-state index contributed by atoms with van der Waals surface area (Å²) in [7, 11) is 0. The number of benzene rings is 1. The lowest BCUT2D eigenvalue weighted by Crippen LogP contribution is -2.36. The van der Waals surface area contributed by atoms with E-state index in [-0.39, 0.29) is 5.75 Å². The summed E-state index contributed by atoms with van der Waals surface area (Å²) in [5.41, 5.74) is 6.15. The Labute approximate surface area is 100 Å². The molecular weight excluding hydrogens is 246 g/mol. The molecule has 0 heterocycles. The predicted molar refractivity (Wildman–Crippen MR) is 59.6 cm³/mol. The zero-order chi connectivity index (χ0) is 13.0. The highest BCUT2D eigenvalue weighted by Crippen LogP contribution is 2.17. The molecule has 0 saturated carbocycles. The molecule has 0 fully saturated rings. The lowest BCUT2D eigenvalue weighted by Gasteiger charge is -2.15. The maximum absolute atomic E-state index is 10.6. The van der Waals surface area contributed by atoms with E-state index in [0.29, 0.717) is 11.1 Å². The Hall–Kier alpha value is -1.28. The monoisotopic (exact) mass is 258 g/mol.